The zero-order chi connectivity index (χ0) is 28.4. The topological polar surface area (TPSA) is 68.7 Å². The Morgan fingerprint density at radius 1 is 0.975 bits per heavy atom. The zero-order valence-electron chi connectivity index (χ0n) is 21.8. The molecule has 1 amide bonds. The minimum absolute atomic E-state index is 0.0621. The number of benzene rings is 1. The van der Waals surface area contributed by atoms with E-state index in [0.29, 0.717) is 43.3 Å². The number of alkyl halides is 3. The molecule has 0 unspecified atom stereocenters. The van der Waals surface area contributed by atoms with Crippen molar-refractivity contribution in [2.45, 2.75) is 19.5 Å². The average Bonchev–Trinajstić information content (AvgIpc) is 2.94. The maximum atomic E-state index is 13.9. The lowest BCUT2D eigenvalue weighted by atomic mass is 10.1. The highest BCUT2D eigenvalue weighted by atomic mass is 35.5. The molecule has 13 heteroatoms. The molecule has 40 heavy (non-hydrogen) atoms. The zero-order valence-corrected chi connectivity index (χ0v) is 22.6. The number of carbonyl (C=O) groups is 1. The van der Waals surface area contributed by atoms with E-state index >= 15 is 0 Å². The van der Waals surface area contributed by atoms with Gasteiger partial charge < -0.3 is 9.80 Å². The molecule has 0 aliphatic carbocycles. The quantitative estimate of drug-likeness (QED) is 0.392. The maximum Gasteiger partial charge on any atom is 0.419 e. The standard InChI is InChI=1S/C27H28ClF4N7O/c1-2-8-36-9-14-39(24(40)17-36)26-34-22(18-5-6-21(29)20(28)15-18)16-23(35-26)37-10-12-38(13-11-37)25-19(27(30,31)32)4-3-7-33-25/h3-7,15-16H,2,8-14,17H2,1H3. The summed E-state index contributed by atoms with van der Waals surface area (Å²) in [7, 11) is 0. The van der Waals surface area contributed by atoms with Crippen LogP contribution in [0.1, 0.15) is 18.9 Å². The van der Waals surface area contributed by atoms with E-state index in [0.717, 1.165) is 19.0 Å². The lowest BCUT2D eigenvalue weighted by Gasteiger charge is -2.37. The smallest absolute Gasteiger partial charge is 0.353 e. The van der Waals surface area contributed by atoms with Crippen LogP contribution in [0.25, 0.3) is 11.3 Å². The van der Waals surface area contributed by atoms with E-state index in [-0.39, 0.29) is 42.3 Å². The molecule has 2 aromatic heterocycles. The van der Waals surface area contributed by atoms with E-state index in [9.17, 15) is 22.4 Å². The number of halogens is 5. The van der Waals surface area contributed by atoms with Crippen molar-refractivity contribution in [2.24, 2.45) is 0 Å². The molecule has 2 aliphatic rings. The summed E-state index contributed by atoms with van der Waals surface area (Å²) in [6.45, 7) is 5.52. The van der Waals surface area contributed by atoms with Gasteiger partial charge in [0.1, 0.15) is 17.5 Å². The fraction of sp³-hybridized carbons (Fsp3) is 0.407. The third-order valence-electron chi connectivity index (χ3n) is 6.99. The molecule has 5 rings (SSSR count). The number of anilines is 3. The van der Waals surface area contributed by atoms with Gasteiger partial charge in [-0.15, -0.1) is 0 Å². The second-order valence-corrected chi connectivity index (χ2v) is 10.1. The van der Waals surface area contributed by atoms with Crippen molar-refractivity contribution in [1.29, 1.82) is 0 Å². The van der Waals surface area contributed by atoms with E-state index in [4.69, 9.17) is 16.6 Å². The summed E-state index contributed by atoms with van der Waals surface area (Å²) < 4.78 is 54.6. The van der Waals surface area contributed by atoms with Crippen LogP contribution in [0.2, 0.25) is 5.02 Å². The summed E-state index contributed by atoms with van der Waals surface area (Å²) in [4.78, 5) is 33.6. The van der Waals surface area contributed by atoms with Crippen LogP contribution in [-0.4, -0.2) is 78.1 Å². The van der Waals surface area contributed by atoms with Crippen LogP contribution in [0.3, 0.4) is 0 Å². The maximum absolute atomic E-state index is 13.9. The highest BCUT2D eigenvalue weighted by Gasteiger charge is 2.36. The molecule has 2 saturated heterocycles. The lowest BCUT2D eigenvalue weighted by molar-refractivity contribution is -0.137. The molecule has 0 atom stereocenters. The van der Waals surface area contributed by atoms with E-state index in [1.165, 1.54) is 24.4 Å². The number of hydrogen-bond donors (Lipinski definition) is 0. The summed E-state index contributed by atoms with van der Waals surface area (Å²) in [5.74, 6) is -0.0534. The Labute approximate surface area is 234 Å². The fourth-order valence-electron chi connectivity index (χ4n) is 4.97. The van der Waals surface area contributed by atoms with Gasteiger partial charge in [0.2, 0.25) is 11.9 Å². The molecule has 8 nitrogen and oxygen atoms in total. The van der Waals surface area contributed by atoms with Crippen molar-refractivity contribution in [1.82, 2.24) is 19.9 Å². The Balaban J connectivity index is 1.43. The largest absolute Gasteiger partial charge is 0.419 e. The Bertz CT molecular complexity index is 1380. The van der Waals surface area contributed by atoms with Crippen molar-refractivity contribution in [2.75, 3.05) is 67.1 Å². The molecular weight excluding hydrogens is 550 g/mol. The van der Waals surface area contributed by atoms with Gasteiger partial charge >= 0.3 is 6.18 Å². The minimum Gasteiger partial charge on any atom is -0.353 e. The van der Waals surface area contributed by atoms with E-state index in [2.05, 4.69) is 21.8 Å². The molecule has 212 valence electrons. The molecule has 1 aromatic carbocycles. The Hall–Kier alpha value is -3.51. The predicted octanol–water partition coefficient (Wildman–Crippen LogP) is 4.74. The van der Waals surface area contributed by atoms with Gasteiger partial charge in [-0.05, 0) is 43.3 Å². The third-order valence-corrected chi connectivity index (χ3v) is 7.28. The second kappa shape index (κ2) is 11.5. The van der Waals surface area contributed by atoms with Crippen LogP contribution in [0.15, 0.2) is 42.6 Å². The van der Waals surface area contributed by atoms with Crippen LogP contribution in [0.5, 0.6) is 0 Å². The van der Waals surface area contributed by atoms with Gasteiger partial charge in [-0.1, -0.05) is 18.5 Å². The molecule has 2 fully saturated rings. The highest BCUT2D eigenvalue weighted by molar-refractivity contribution is 6.31. The summed E-state index contributed by atoms with van der Waals surface area (Å²) in [6.07, 6.45) is -2.23. The molecule has 4 heterocycles. The number of pyridine rings is 1. The van der Waals surface area contributed by atoms with Gasteiger partial charge in [0.15, 0.2) is 0 Å². The molecule has 2 aliphatic heterocycles. The average molecular weight is 578 g/mol. The first-order valence-electron chi connectivity index (χ1n) is 13.0. The predicted molar refractivity (Wildman–Crippen MR) is 145 cm³/mol. The molecule has 0 spiro atoms. The summed E-state index contributed by atoms with van der Waals surface area (Å²) in [5.41, 5.74) is 0.233. The molecule has 0 bridgehead atoms. The van der Waals surface area contributed by atoms with Crippen molar-refractivity contribution < 1.29 is 22.4 Å². The van der Waals surface area contributed by atoms with E-state index in [1.54, 1.807) is 21.9 Å². The summed E-state index contributed by atoms with van der Waals surface area (Å²) in [5, 5.41) is -0.0621. The van der Waals surface area contributed by atoms with Gasteiger partial charge in [-0.25, -0.2) is 14.4 Å². The number of rotatable bonds is 6. The normalized spacial score (nSPS) is 17.1. The molecule has 0 N–H and O–H groups in total. The van der Waals surface area contributed by atoms with Crippen LogP contribution in [0.4, 0.5) is 35.1 Å². The van der Waals surface area contributed by atoms with Crippen LogP contribution >= 0.6 is 11.6 Å². The third kappa shape index (κ3) is 5.97. The van der Waals surface area contributed by atoms with Gasteiger partial charge in [0.05, 0.1) is 22.8 Å². The number of piperazine rings is 2. The van der Waals surface area contributed by atoms with Gasteiger partial charge in [-0.3, -0.25) is 14.6 Å². The Kier molecular flexibility index (Phi) is 8.09. The van der Waals surface area contributed by atoms with Gasteiger partial charge in [0, 0.05) is 57.1 Å². The van der Waals surface area contributed by atoms with E-state index < -0.39 is 17.6 Å². The van der Waals surface area contributed by atoms with Crippen molar-refractivity contribution in [3.05, 3.63) is 59.0 Å². The number of amides is 1. The molecular formula is C27H28ClF4N7O. The molecule has 0 radical (unpaired) electrons. The van der Waals surface area contributed by atoms with Crippen molar-refractivity contribution >= 4 is 35.1 Å². The van der Waals surface area contributed by atoms with E-state index in [1.807, 2.05) is 4.90 Å². The van der Waals surface area contributed by atoms with Crippen LogP contribution in [0, 0.1) is 5.82 Å². The monoisotopic (exact) mass is 577 g/mol. The second-order valence-electron chi connectivity index (χ2n) is 9.71. The Morgan fingerprint density at radius 2 is 1.73 bits per heavy atom. The molecule has 0 saturated carbocycles. The molecule has 3 aromatic rings. The first kappa shape index (κ1) is 28.0. The summed E-state index contributed by atoms with van der Waals surface area (Å²) >= 11 is 6.04. The first-order chi connectivity index (χ1) is 19.1. The van der Waals surface area contributed by atoms with Crippen LogP contribution in [-0.2, 0) is 11.0 Å². The Morgan fingerprint density at radius 3 is 2.40 bits per heavy atom. The van der Waals surface area contributed by atoms with Crippen molar-refractivity contribution in [3.63, 3.8) is 0 Å². The van der Waals surface area contributed by atoms with Gasteiger partial charge in [0.25, 0.3) is 0 Å². The van der Waals surface area contributed by atoms with Crippen LogP contribution < -0.4 is 14.7 Å². The summed E-state index contributed by atoms with van der Waals surface area (Å²) in [6, 6.07) is 8.29. The fourth-order valence-corrected chi connectivity index (χ4v) is 5.15. The van der Waals surface area contributed by atoms with Crippen molar-refractivity contribution in [3.8, 4) is 11.3 Å². The minimum atomic E-state index is -4.51. The lowest BCUT2D eigenvalue weighted by Crippen LogP contribution is -2.51. The SMILES string of the molecule is CCCN1CCN(c2nc(-c3ccc(F)c(Cl)c3)cc(N3CCN(c4ncccc4C(F)(F)F)CC3)n2)C(=O)C1. The number of carbonyl (C=O) groups excluding carboxylic acids is 1. The number of aromatic nitrogens is 3. The number of hydrogen-bond acceptors (Lipinski definition) is 7. The first-order valence-corrected chi connectivity index (χ1v) is 13.4. The highest BCUT2D eigenvalue weighted by Crippen LogP contribution is 2.36. The van der Waals surface area contributed by atoms with Gasteiger partial charge in [-0.2, -0.15) is 18.2 Å². The number of nitrogens with zero attached hydrogens (tertiary/aromatic N) is 7.